The molecule has 1 atom stereocenters. The summed E-state index contributed by atoms with van der Waals surface area (Å²) in [5, 5.41) is 10.8. The van der Waals surface area contributed by atoms with Crippen molar-refractivity contribution in [3.05, 3.63) is 100 Å². The summed E-state index contributed by atoms with van der Waals surface area (Å²) in [5.41, 5.74) is 2.78. The summed E-state index contributed by atoms with van der Waals surface area (Å²) in [4.78, 5) is 38.0. The van der Waals surface area contributed by atoms with Crippen LogP contribution in [0.25, 0.3) is 10.9 Å². The van der Waals surface area contributed by atoms with E-state index in [1.807, 2.05) is 0 Å². The number of rotatable bonds is 8. The second kappa shape index (κ2) is 10.7. The molecule has 36 heavy (non-hydrogen) atoms. The molecule has 4 aromatic rings. The van der Waals surface area contributed by atoms with Crippen LogP contribution in [0.15, 0.2) is 72.8 Å². The fourth-order valence-electron chi connectivity index (χ4n) is 4.16. The number of hydrogen-bond acceptors (Lipinski definition) is 5. The minimum absolute atomic E-state index is 0.141. The first-order valence-electron chi connectivity index (χ1n) is 11.2. The maximum absolute atomic E-state index is 13.4. The molecule has 0 spiro atoms. The Kier molecular flexibility index (Phi) is 7.41. The van der Waals surface area contributed by atoms with E-state index in [-0.39, 0.29) is 18.9 Å². The van der Waals surface area contributed by atoms with Crippen LogP contribution in [0, 0.1) is 6.92 Å². The van der Waals surface area contributed by atoms with Crippen molar-refractivity contribution in [2.24, 2.45) is 0 Å². The van der Waals surface area contributed by atoms with E-state index in [0.29, 0.717) is 44.1 Å². The van der Waals surface area contributed by atoms with Crippen molar-refractivity contribution in [1.29, 1.82) is 0 Å². The predicted octanol–water partition coefficient (Wildman–Crippen LogP) is 5.25. The van der Waals surface area contributed by atoms with Gasteiger partial charge in [0.1, 0.15) is 18.3 Å². The summed E-state index contributed by atoms with van der Waals surface area (Å²) in [5.74, 6) is -2.36. The van der Waals surface area contributed by atoms with Gasteiger partial charge in [0.2, 0.25) is 0 Å². The fraction of sp³-hybridized carbons (Fsp3) is 0.179. The van der Waals surface area contributed by atoms with Gasteiger partial charge in [-0.15, -0.1) is 0 Å². The van der Waals surface area contributed by atoms with Gasteiger partial charge < -0.3 is 14.6 Å². The highest BCUT2D eigenvalue weighted by atomic mass is 35.5. The van der Waals surface area contributed by atoms with Gasteiger partial charge in [0, 0.05) is 21.7 Å². The normalized spacial score (nSPS) is 11.8. The summed E-state index contributed by atoms with van der Waals surface area (Å²) in [6, 6.07) is 20.4. The maximum atomic E-state index is 13.4. The number of halogens is 1. The molecule has 0 amide bonds. The Morgan fingerprint density at radius 3 is 2.33 bits per heavy atom. The number of carboxylic acids is 1. The number of hydrogen-bond donors (Lipinski definition) is 1. The Labute approximate surface area is 212 Å². The predicted molar refractivity (Wildman–Crippen MR) is 136 cm³/mol. The Hall–Kier alpha value is -4.10. The summed E-state index contributed by atoms with van der Waals surface area (Å²) in [7, 11) is 1.54. The molecule has 0 saturated heterocycles. The number of carboxylic acid groups (broad SMARTS) is 1. The van der Waals surface area contributed by atoms with E-state index in [2.05, 4.69) is 0 Å². The van der Waals surface area contributed by atoms with Crippen LogP contribution >= 0.6 is 11.6 Å². The van der Waals surface area contributed by atoms with Crippen molar-refractivity contribution < 1.29 is 29.0 Å². The lowest BCUT2D eigenvalue weighted by molar-refractivity contribution is -0.147. The van der Waals surface area contributed by atoms with Crippen LogP contribution < -0.4 is 4.74 Å². The van der Waals surface area contributed by atoms with E-state index in [1.165, 1.54) is 7.11 Å². The van der Waals surface area contributed by atoms with Gasteiger partial charge in [0.15, 0.2) is 0 Å². The molecule has 0 aliphatic rings. The molecule has 7 nitrogen and oxygen atoms in total. The number of ether oxygens (including phenoxy) is 2. The van der Waals surface area contributed by atoms with Crippen LogP contribution in [0.5, 0.6) is 5.75 Å². The lowest BCUT2D eigenvalue weighted by Crippen LogP contribution is -2.21. The lowest BCUT2D eigenvalue weighted by Gasteiger charge is -2.13. The van der Waals surface area contributed by atoms with Gasteiger partial charge in [-0.1, -0.05) is 41.9 Å². The molecule has 0 unspecified atom stereocenters. The van der Waals surface area contributed by atoms with Gasteiger partial charge in [0.05, 0.1) is 19.0 Å². The smallest absolute Gasteiger partial charge is 0.314 e. The van der Waals surface area contributed by atoms with E-state index >= 15 is 0 Å². The average molecular weight is 506 g/mol. The number of benzene rings is 3. The number of carbonyl (C=O) groups excluding carboxylic acids is 2. The van der Waals surface area contributed by atoms with Crippen LogP contribution in [0.4, 0.5) is 0 Å². The second-order valence-electron chi connectivity index (χ2n) is 8.26. The first-order chi connectivity index (χ1) is 17.3. The molecule has 0 aliphatic carbocycles. The maximum Gasteiger partial charge on any atom is 0.314 e. The number of nitrogens with zero attached hydrogens (tertiary/aromatic N) is 1. The van der Waals surface area contributed by atoms with Crippen LogP contribution in [-0.4, -0.2) is 41.2 Å². The molecule has 0 radical (unpaired) electrons. The van der Waals surface area contributed by atoms with Crippen molar-refractivity contribution in [2.45, 2.75) is 19.3 Å². The standard InChI is InChI=1S/C28H24ClNO6/c1-17-22(15-26(31)36-16-24(28(33)34)18-6-4-3-5-7-18)23-14-21(35-2)12-13-25(23)30(17)27(32)19-8-10-20(29)11-9-19/h3-14,24H,15-16H2,1-2H3,(H,33,34)/t24-/m1/s1. The molecule has 1 aromatic heterocycles. The summed E-state index contributed by atoms with van der Waals surface area (Å²) < 4.78 is 12.3. The van der Waals surface area contributed by atoms with E-state index in [1.54, 1.807) is 84.3 Å². The quantitative estimate of drug-likeness (QED) is 0.328. The van der Waals surface area contributed by atoms with Crippen LogP contribution in [0.3, 0.4) is 0 Å². The third kappa shape index (κ3) is 5.11. The van der Waals surface area contributed by atoms with E-state index in [0.717, 1.165) is 0 Å². The van der Waals surface area contributed by atoms with Gasteiger partial charge in [-0.25, -0.2) is 0 Å². The molecule has 1 heterocycles. The van der Waals surface area contributed by atoms with Gasteiger partial charge in [-0.2, -0.15) is 0 Å². The minimum atomic E-state index is -1.08. The summed E-state index contributed by atoms with van der Waals surface area (Å²) in [6.07, 6.45) is -0.141. The molecule has 0 fully saturated rings. The highest BCUT2D eigenvalue weighted by Gasteiger charge is 2.25. The van der Waals surface area contributed by atoms with Gasteiger partial charge in [-0.3, -0.25) is 19.0 Å². The number of esters is 1. The van der Waals surface area contributed by atoms with Crippen molar-refractivity contribution >= 4 is 40.3 Å². The Bertz CT molecular complexity index is 1430. The zero-order chi connectivity index (χ0) is 25.8. The highest BCUT2D eigenvalue weighted by molar-refractivity contribution is 6.30. The molecule has 0 bridgehead atoms. The Morgan fingerprint density at radius 2 is 1.69 bits per heavy atom. The first-order valence-corrected chi connectivity index (χ1v) is 11.6. The molecule has 0 aliphatic heterocycles. The molecule has 184 valence electrons. The highest BCUT2D eigenvalue weighted by Crippen LogP contribution is 2.31. The van der Waals surface area contributed by atoms with Gasteiger partial charge >= 0.3 is 11.9 Å². The number of methoxy groups -OCH3 is 1. The molecule has 4 rings (SSSR count). The van der Waals surface area contributed by atoms with Gasteiger partial charge in [0.25, 0.3) is 5.91 Å². The van der Waals surface area contributed by atoms with E-state index in [9.17, 15) is 19.5 Å². The first kappa shape index (κ1) is 25.0. The number of aliphatic carboxylic acids is 1. The lowest BCUT2D eigenvalue weighted by atomic mass is 10.0. The fourth-order valence-corrected chi connectivity index (χ4v) is 4.29. The van der Waals surface area contributed by atoms with E-state index < -0.39 is 17.9 Å². The van der Waals surface area contributed by atoms with Crippen molar-refractivity contribution in [3.63, 3.8) is 0 Å². The second-order valence-corrected chi connectivity index (χ2v) is 8.69. The van der Waals surface area contributed by atoms with Crippen molar-refractivity contribution in [2.75, 3.05) is 13.7 Å². The zero-order valence-electron chi connectivity index (χ0n) is 19.7. The number of carbonyl (C=O) groups is 3. The summed E-state index contributed by atoms with van der Waals surface area (Å²) >= 11 is 5.97. The monoisotopic (exact) mass is 505 g/mol. The number of aromatic nitrogens is 1. The van der Waals surface area contributed by atoms with Crippen molar-refractivity contribution in [1.82, 2.24) is 4.57 Å². The molecule has 3 aromatic carbocycles. The van der Waals surface area contributed by atoms with Gasteiger partial charge in [-0.05, 0) is 60.5 Å². The van der Waals surface area contributed by atoms with Crippen molar-refractivity contribution in [3.8, 4) is 5.75 Å². The van der Waals surface area contributed by atoms with Crippen LogP contribution in [-0.2, 0) is 20.7 Å². The third-order valence-corrected chi connectivity index (χ3v) is 6.32. The molecule has 1 N–H and O–H groups in total. The number of fused-ring (bicyclic) bond motifs is 1. The Balaban J connectivity index is 1.65. The SMILES string of the molecule is COc1ccc2c(c1)c(CC(=O)OC[C@@H](C(=O)O)c1ccccc1)c(C)n2C(=O)c1ccc(Cl)cc1. The topological polar surface area (TPSA) is 94.8 Å². The molecular weight excluding hydrogens is 482 g/mol. The molecular formula is C28H24ClNO6. The largest absolute Gasteiger partial charge is 0.497 e. The van der Waals surface area contributed by atoms with Crippen LogP contribution in [0.1, 0.15) is 33.1 Å². The summed E-state index contributed by atoms with van der Waals surface area (Å²) in [6.45, 7) is 1.45. The average Bonchev–Trinajstić information content (AvgIpc) is 3.14. The van der Waals surface area contributed by atoms with Crippen LogP contribution in [0.2, 0.25) is 5.02 Å². The minimum Gasteiger partial charge on any atom is -0.497 e. The molecule has 0 saturated carbocycles. The molecule has 8 heteroatoms. The third-order valence-electron chi connectivity index (χ3n) is 6.07. The Morgan fingerprint density at radius 1 is 1.00 bits per heavy atom. The zero-order valence-corrected chi connectivity index (χ0v) is 20.5. The van der Waals surface area contributed by atoms with E-state index in [4.69, 9.17) is 21.1 Å².